The monoisotopic (exact) mass is 986 g/mol. The van der Waals surface area contributed by atoms with E-state index in [1.54, 1.807) is 39.2 Å². The van der Waals surface area contributed by atoms with Gasteiger partial charge < -0.3 is 44.5 Å². The number of carbonyl (C=O) groups excluding carboxylic acids is 4. The Morgan fingerprint density at radius 2 is 1.65 bits per heavy atom. The molecule has 5 rings (SSSR count). The van der Waals surface area contributed by atoms with Crippen LogP contribution < -0.4 is 5.32 Å². The molecule has 8 unspecified atom stereocenters. The van der Waals surface area contributed by atoms with Crippen LogP contribution in [0.3, 0.4) is 0 Å². The minimum Gasteiger partial charge on any atom is -0.461 e. The summed E-state index contributed by atoms with van der Waals surface area (Å²) in [4.78, 5) is 58.5. The molecule has 1 saturated carbocycles. The van der Waals surface area contributed by atoms with Crippen LogP contribution >= 0.6 is 0 Å². The highest BCUT2D eigenvalue weighted by Gasteiger charge is 2.53. The van der Waals surface area contributed by atoms with E-state index in [9.17, 15) is 39.8 Å². The summed E-state index contributed by atoms with van der Waals surface area (Å²) in [5.74, 6) is -6.40. The molecular weight excluding hydrogens is 903 g/mol. The summed E-state index contributed by atoms with van der Waals surface area (Å²) in [5, 5.41) is 47.4. The van der Waals surface area contributed by atoms with E-state index in [1.165, 1.54) is 12.0 Å². The number of fused-ring (bicyclic) bond motifs is 3. The smallest absolute Gasteiger partial charge is 0.329 e. The molecule has 2 bridgehead atoms. The van der Waals surface area contributed by atoms with Crippen LogP contribution in [-0.2, 0) is 38.1 Å². The first-order valence-corrected chi connectivity index (χ1v) is 26.2. The number of nitrogens with one attached hydrogen (secondary N) is 1. The lowest BCUT2D eigenvalue weighted by molar-refractivity contribution is -0.263. The number of ether oxygens (including phenoxy) is 4. The number of piperidine rings is 1. The van der Waals surface area contributed by atoms with Crippen molar-refractivity contribution in [3.63, 3.8) is 0 Å². The number of nitriles is 1. The molecule has 392 valence electrons. The minimum atomic E-state index is -2.44. The molecule has 4 aliphatic rings. The number of amides is 1. The maximum Gasteiger partial charge on any atom is 0.329 e. The maximum atomic E-state index is 14.5. The number of carbonyl (C=O) groups is 4. The van der Waals surface area contributed by atoms with Gasteiger partial charge in [-0.3, -0.25) is 14.4 Å². The molecule has 4 N–H and O–H groups in total. The Kier molecular flexibility index (Phi) is 21.8. The number of cyclic esters (lactones) is 1. The molecular formula is C57H83N3O11. The number of Topliss-reactive ketones (excluding diaryl/α,β-unsaturated/α-hetero) is 2. The Morgan fingerprint density at radius 1 is 0.887 bits per heavy atom. The SMILES string of the molecule is COC1CC(C[C@@H](C)[C@@H]2CC[C@H](C)/C=C(\C)C(O)[C@@H](OC)C(=O)C(C)C[C@H](C)/C=C/C=C/C=C(\C)[C@@H](Nc3cccc(C#N)c3)CC3CCC(C)C(O)(O3)C(=O)C(=O)N3CCCCC3C(=O)O2)CC[C@H]1O. The normalized spacial score (nSPS) is 37.7. The van der Waals surface area contributed by atoms with Gasteiger partial charge in [0.05, 0.1) is 29.9 Å². The van der Waals surface area contributed by atoms with Gasteiger partial charge in [0.25, 0.3) is 11.7 Å². The van der Waals surface area contributed by atoms with Crippen LogP contribution in [0.1, 0.15) is 138 Å². The van der Waals surface area contributed by atoms with Gasteiger partial charge >= 0.3 is 5.97 Å². The predicted octanol–water partition coefficient (Wildman–Crippen LogP) is 8.34. The van der Waals surface area contributed by atoms with E-state index in [1.807, 2.05) is 70.2 Å². The highest BCUT2D eigenvalue weighted by molar-refractivity contribution is 6.39. The second-order valence-electron chi connectivity index (χ2n) is 21.4. The Morgan fingerprint density at radius 3 is 2.37 bits per heavy atom. The van der Waals surface area contributed by atoms with Crippen LogP contribution in [0.15, 0.2) is 71.9 Å². The number of methoxy groups -OCH3 is 2. The molecule has 1 aromatic carbocycles. The number of rotatable bonds is 7. The van der Waals surface area contributed by atoms with Crippen molar-refractivity contribution in [2.45, 2.75) is 186 Å². The molecule has 14 nitrogen and oxygen atoms in total. The summed E-state index contributed by atoms with van der Waals surface area (Å²) in [7, 11) is 3.04. The largest absolute Gasteiger partial charge is 0.461 e. The van der Waals surface area contributed by atoms with Crippen LogP contribution in [0, 0.1) is 46.8 Å². The average Bonchev–Trinajstić information content (AvgIpc) is 3.35. The zero-order valence-electron chi connectivity index (χ0n) is 43.8. The van der Waals surface area contributed by atoms with Crippen molar-refractivity contribution in [2.24, 2.45) is 35.5 Å². The Hall–Kier alpha value is -4.49. The summed E-state index contributed by atoms with van der Waals surface area (Å²) in [6, 6.07) is 7.87. The lowest BCUT2D eigenvalue weighted by Crippen LogP contribution is -2.61. The number of hydrogen-bond acceptors (Lipinski definition) is 13. The third kappa shape index (κ3) is 15.5. The Balaban J connectivity index is 1.49. The lowest BCUT2D eigenvalue weighted by Gasteiger charge is -2.43. The predicted molar refractivity (Wildman–Crippen MR) is 273 cm³/mol. The first kappa shape index (κ1) is 57.4. The zero-order chi connectivity index (χ0) is 52.0. The van der Waals surface area contributed by atoms with Gasteiger partial charge in [-0.05, 0) is 145 Å². The molecule has 0 spiro atoms. The molecule has 3 fully saturated rings. The van der Waals surface area contributed by atoms with E-state index in [4.69, 9.17) is 18.9 Å². The van der Waals surface area contributed by atoms with Gasteiger partial charge in [0.2, 0.25) is 5.79 Å². The van der Waals surface area contributed by atoms with Crippen molar-refractivity contribution in [3.05, 3.63) is 77.4 Å². The van der Waals surface area contributed by atoms with Crippen molar-refractivity contribution in [1.29, 1.82) is 5.26 Å². The molecule has 15 atom stereocenters. The standard InChI is InChI=1S/C57H83N3O11/c1-35-16-11-10-12-17-37(3)46(59-44-19-15-18-43(31-44)34-58)33-45-24-22-41(7)57(67,71-45)54(64)55(65)60-27-14-13-20-47(60)56(66)70-49(38(4)30-42-23-25-48(61)50(32-42)68-8)26-21-36(2)29-40(6)52(63)53(69-9)51(62)39(5)28-35/h10-12,15-19,29,31,35-36,38-39,41-42,45-50,52-53,59,61,63,67H,13-14,20-28,30,32-33H2,1-9H3/b12-10+,16-11+,37-17+,40-29+/t35-,36+,38-,39?,41?,42?,45?,46+,47?,48-,49+,50?,52?,53+,57?/m1/s1. The number of hydrogen-bond donors (Lipinski definition) is 4. The number of esters is 1. The van der Waals surface area contributed by atoms with Crippen LogP contribution in [-0.4, -0.2) is 119 Å². The summed E-state index contributed by atoms with van der Waals surface area (Å²) >= 11 is 0. The fourth-order valence-electron chi connectivity index (χ4n) is 11.1. The summed E-state index contributed by atoms with van der Waals surface area (Å²) < 4.78 is 24.1. The Bertz CT molecular complexity index is 2130. The van der Waals surface area contributed by atoms with Gasteiger partial charge in [-0.2, -0.15) is 5.26 Å². The number of allylic oxidation sites excluding steroid dienone is 6. The van der Waals surface area contributed by atoms with Crippen LogP contribution in [0.25, 0.3) is 0 Å². The molecule has 1 aliphatic carbocycles. The third-order valence-electron chi connectivity index (χ3n) is 15.6. The van der Waals surface area contributed by atoms with Gasteiger partial charge in [0.1, 0.15) is 24.4 Å². The topological polar surface area (TPSA) is 205 Å². The van der Waals surface area contributed by atoms with Crippen LogP contribution in [0.5, 0.6) is 0 Å². The zero-order valence-corrected chi connectivity index (χ0v) is 43.8. The van der Waals surface area contributed by atoms with E-state index in [0.29, 0.717) is 87.5 Å². The van der Waals surface area contributed by atoms with E-state index in [-0.39, 0.29) is 54.6 Å². The average molecular weight is 986 g/mol. The van der Waals surface area contributed by atoms with E-state index >= 15 is 0 Å². The lowest BCUT2D eigenvalue weighted by atomic mass is 9.78. The first-order chi connectivity index (χ1) is 33.8. The quantitative estimate of drug-likeness (QED) is 0.115. The van der Waals surface area contributed by atoms with Crippen LogP contribution in [0.2, 0.25) is 0 Å². The summed E-state index contributed by atoms with van der Waals surface area (Å²) in [6.07, 6.45) is 14.5. The van der Waals surface area contributed by atoms with E-state index in [2.05, 4.69) is 18.3 Å². The number of benzene rings is 1. The van der Waals surface area contributed by atoms with Gasteiger partial charge in [0.15, 0.2) is 5.78 Å². The van der Waals surface area contributed by atoms with Gasteiger partial charge in [-0.15, -0.1) is 0 Å². The van der Waals surface area contributed by atoms with Crippen molar-refractivity contribution < 1.29 is 53.4 Å². The number of aliphatic hydroxyl groups excluding tert-OH is 2. The number of aliphatic hydroxyl groups is 3. The van der Waals surface area contributed by atoms with E-state index < -0.39 is 71.8 Å². The molecule has 1 amide bonds. The summed E-state index contributed by atoms with van der Waals surface area (Å²) in [5.41, 5.74) is 2.69. The van der Waals surface area contributed by atoms with Crippen molar-refractivity contribution in [2.75, 3.05) is 26.1 Å². The third-order valence-corrected chi connectivity index (χ3v) is 15.6. The maximum absolute atomic E-state index is 14.5. The second kappa shape index (κ2) is 27.0. The molecule has 71 heavy (non-hydrogen) atoms. The fourth-order valence-corrected chi connectivity index (χ4v) is 11.1. The van der Waals surface area contributed by atoms with Gasteiger partial charge in [-0.25, -0.2) is 4.79 Å². The van der Waals surface area contributed by atoms with Crippen molar-refractivity contribution in [1.82, 2.24) is 4.90 Å². The number of nitrogens with zero attached hydrogens (tertiary/aromatic N) is 2. The Labute approximate surface area is 422 Å². The molecule has 3 aliphatic heterocycles. The van der Waals surface area contributed by atoms with Gasteiger partial charge in [0, 0.05) is 44.3 Å². The number of ketones is 2. The first-order valence-electron chi connectivity index (χ1n) is 26.2. The highest BCUT2D eigenvalue weighted by Crippen LogP contribution is 2.38. The highest BCUT2D eigenvalue weighted by atomic mass is 16.6. The molecule has 0 radical (unpaired) electrons. The van der Waals surface area contributed by atoms with Gasteiger partial charge in [-0.1, -0.05) is 82.7 Å². The molecule has 1 aromatic rings. The molecule has 0 aromatic heterocycles. The molecule has 3 heterocycles. The molecule has 2 saturated heterocycles. The van der Waals surface area contributed by atoms with Crippen molar-refractivity contribution >= 4 is 29.1 Å². The minimum absolute atomic E-state index is 0.0309. The van der Waals surface area contributed by atoms with Crippen LogP contribution in [0.4, 0.5) is 5.69 Å². The fraction of sp³-hybridized carbons (Fsp3) is 0.667. The second-order valence-corrected chi connectivity index (χ2v) is 21.4. The van der Waals surface area contributed by atoms with Crippen molar-refractivity contribution in [3.8, 4) is 6.07 Å². The number of anilines is 1. The van der Waals surface area contributed by atoms with E-state index in [0.717, 1.165) is 12.0 Å². The summed E-state index contributed by atoms with van der Waals surface area (Å²) in [6.45, 7) is 13.5. The molecule has 14 heteroatoms.